The van der Waals surface area contributed by atoms with Gasteiger partial charge in [0.2, 0.25) is 11.8 Å². The predicted molar refractivity (Wildman–Crippen MR) is 166 cm³/mol. The number of aliphatic hydroxyl groups is 1. The average molecular weight is 586 g/mol. The Morgan fingerprint density at radius 2 is 1.74 bits per heavy atom. The molecule has 2 bridgehead atoms. The van der Waals surface area contributed by atoms with Crippen LogP contribution in [0.3, 0.4) is 0 Å². The van der Waals surface area contributed by atoms with E-state index in [1.54, 1.807) is 26.9 Å². The second-order valence-electron chi connectivity index (χ2n) is 12.0. The third-order valence-corrected chi connectivity index (χ3v) is 9.50. The van der Waals surface area contributed by atoms with Gasteiger partial charge in [0.05, 0.1) is 30.6 Å². The number of aryl methyl sites for hydroxylation is 2. The number of likely N-dealkylation sites (tertiary alicyclic amines) is 1. The number of carbonyl (C=O) groups is 3. The number of benzene rings is 2. The molecule has 0 radical (unpaired) electrons. The third-order valence-electron chi connectivity index (χ3n) is 9.50. The minimum atomic E-state index is -1.16. The predicted octanol–water partition coefficient (Wildman–Crippen LogP) is 4.18. The molecule has 3 aliphatic rings. The molecule has 43 heavy (non-hydrogen) atoms. The molecule has 3 fully saturated rings. The van der Waals surface area contributed by atoms with E-state index in [0.717, 1.165) is 22.4 Å². The van der Waals surface area contributed by atoms with E-state index in [2.05, 4.69) is 13.2 Å². The molecule has 3 saturated heterocycles. The summed E-state index contributed by atoms with van der Waals surface area (Å²) in [6.07, 6.45) is 4.42. The summed E-state index contributed by atoms with van der Waals surface area (Å²) in [7, 11) is 0. The van der Waals surface area contributed by atoms with Crippen molar-refractivity contribution in [3.8, 4) is 0 Å². The molecule has 0 saturated carbocycles. The normalized spacial score (nSPS) is 26.2. The van der Waals surface area contributed by atoms with Crippen LogP contribution >= 0.6 is 0 Å². The quantitative estimate of drug-likeness (QED) is 0.378. The van der Waals surface area contributed by atoms with Crippen LogP contribution in [0.25, 0.3) is 0 Å². The van der Waals surface area contributed by atoms with Crippen molar-refractivity contribution >= 4 is 23.4 Å². The first-order chi connectivity index (χ1) is 20.7. The van der Waals surface area contributed by atoms with Crippen LogP contribution in [-0.4, -0.2) is 76.1 Å². The Morgan fingerprint density at radius 3 is 2.35 bits per heavy atom. The highest BCUT2D eigenvalue weighted by Crippen LogP contribution is 2.59. The molecule has 2 unspecified atom stereocenters. The lowest BCUT2D eigenvalue weighted by Crippen LogP contribution is -2.59. The second kappa shape index (κ2) is 12.5. The molecule has 3 aliphatic heterocycles. The third kappa shape index (κ3) is 5.10. The summed E-state index contributed by atoms with van der Waals surface area (Å²) in [4.78, 5) is 48.6. The van der Waals surface area contributed by atoms with Crippen LogP contribution in [0.4, 0.5) is 5.69 Å². The standard InChI is InChI=1S/C35H43N3O5/c1-6-19-36(21-25-15-10-9-11-16-25)32(40)28-27-17-18-35(43-27)29(28)33(41)38(26(8-3)22-39)31(35)34(42)37(20-7-2)30-23(4)13-12-14-24(30)5/h6-7,9-16,26-29,31,39H,1-2,8,17-22H2,3-5H3/t26-,27-,28+,29-,31?,35?/m0/s1. The van der Waals surface area contributed by atoms with E-state index in [-0.39, 0.29) is 30.9 Å². The molecule has 1 spiro atoms. The minimum absolute atomic E-state index is 0.170. The van der Waals surface area contributed by atoms with Gasteiger partial charge in [0, 0.05) is 25.3 Å². The molecule has 5 rings (SSSR count). The van der Waals surface area contributed by atoms with Crippen molar-refractivity contribution in [1.29, 1.82) is 0 Å². The first-order valence-electron chi connectivity index (χ1n) is 15.3. The molecule has 8 nitrogen and oxygen atoms in total. The van der Waals surface area contributed by atoms with Gasteiger partial charge in [0.25, 0.3) is 5.91 Å². The van der Waals surface area contributed by atoms with E-state index in [1.807, 2.05) is 69.3 Å². The summed E-state index contributed by atoms with van der Waals surface area (Å²) < 4.78 is 6.70. The number of ether oxygens (including phenoxy) is 1. The first-order valence-corrected chi connectivity index (χ1v) is 15.3. The monoisotopic (exact) mass is 585 g/mol. The van der Waals surface area contributed by atoms with Gasteiger partial charge in [0.1, 0.15) is 11.6 Å². The summed E-state index contributed by atoms with van der Waals surface area (Å²) in [5.74, 6) is -2.29. The van der Waals surface area contributed by atoms with E-state index in [9.17, 15) is 19.5 Å². The number of hydrogen-bond acceptors (Lipinski definition) is 5. The maximum atomic E-state index is 14.8. The Kier molecular flexibility index (Phi) is 8.90. The zero-order chi connectivity index (χ0) is 30.9. The number of rotatable bonds is 12. The molecule has 0 aromatic heterocycles. The fraction of sp³-hybridized carbons (Fsp3) is 0.457. The van der Waals surface area contributed by atoms with Crippen molar-refractivity contribution < 1.29 is 24.2 Å². The van der Waals surface area contributed by atoms with Crippen molar-refractivity contribution in [1.82, 2.24) is 9.80 Å². The molecule has 2 aromatic carbocycles. The summed E-state index contributed by atoms with van der Waals surface area (Å²) in [6, 6.07) is 14.0. The van der Waals surface area contributed by atoms with E-state index in [0.29, 0.717) is 32.4 Å². The number of amides is 3. The summed E-state index contributed by atoms with van der Waals surface area (Å²) in [5.41, 5.74) is 2.45. The fourth-order valence-corrected chi connectivity index (χ4v) is 7.66. The summed E-state index contributed by atoms with van der Waals surface area (Å²) in [6.45, 7) is 14.2. The molecule has 2 aromatic rings. The number of nitrogens with zero attached hydrogens (tertiary/aromatic N) is 3. The molecule has 8 heteroatoms. The maximum absolute atomic E-state index is 14.8. The van der Waals surface area contributed by atoms with Gasteiger partial charge >= 0.3 is 0 Å². The van der Waals surface area contributed by atoms with Crippen LogP contribution < -0.4 is 4.90 Å². The lowest BCUT2D eigenvalue weighted by molar-refractivity contribution is -0.147. The summed E-state index contributed by atoms with van der Waals surface area (Å²) in [5, 5.41) is 10.4. The lowest BCUT2D eigenvalue weighted by atomic mass is 9.70. The number of aliphatic hydroxyl groups excluding tert-OH is 1. The van der Waals surface area contributed by atoms with Gasteiger partial charge in [-0.3, -0.25) is 14.4 Å². The minimum Gasteiger partial charge on any atom is -0.394 e. The topological polar surface area (TPSA) is 90.4 Å². The van der Waals surface area contributed by atoms with Crippen LogP contribution in [0.2, 0.25) is 0 Å². The largest absolute Gasteiger partial charge is 0.394 e. The van der Waals surface area contributed by atoms with E-state index >= 15 is 0 Å². The molecule has 6 atom stereocenters. The Bertz CT molecular complexity index is 1370. The van der Waals surface area contributed by atoms with Crippen LogP contribution in [0.15, 0.2) is 73.8 Å². The van der Waals surface area contributed by atoms with Crippen LogP contribution in [0.5, 0.6) is 0 Å². The Hall–Kier alpha value is -3.75. The highest BCUT2D eigenvalue weighted by atomic mass is 16.5. The highest BCUT2D eigenvalue weighted by molar-refractivity contribution is 6.05. The molecule has 228 valence electrons. The highest BCUT2D eigenvalue weighted by Gasteiger charge is 2.75. The lowest BCUT2D eigenvalue weighted by Gasteiger charge is -2.39. The van der Waals surface area contributed by atoms with Gasteiger partial charge in [-0.15, -0.1) is 13.2 Å². The molecular weight excluding hydrogens is 542 g/mol. The van der Waals surface area contributed by atoms with E-state index < -0.39 is 35.6 Å². The van der Waals surface area contributed by atoms with Crippen molar-refractivity contribution in [3.63, 3.8) is 0 Å². The Labute approximate surface area is 254 Å². The molecule has 3 amide bonds. The van der Waals surface area contributed by atoms with Crippen molar-refractivity contribution in [2.24, 2.45) is 11.8 Å². The van der Waals surface area contributed by atoms with Crippen LogP contribution in [0.1, 0.15) is 42.9 Å². The van der Waals surface area contributed by atoms with Gasteiger partial charge in [-0.05, 0) is 49.8 Å². The number of anilines is 1. The van der Waals surface area contributed by atoms with Crippen molar-refractivity contribution in [2.75, 3.05) is 24.6 Å². The average Bonchev–Trinajstić information content (AvgIpc) is 3.64. The van der Waals surface area contributed by atoms with E-state index in [4.69, 9.17) is 4.74 Å². The van der Waals surface area contributed by atoms with Gasteiger partial charge in [-0.1, -0.05) is 67.6 Å². The zero-order valence-corrected chi connectivity index (χ0v) is 25.4. The van der Waals surface area contributed by atoms with Gasteiger partial charge in [0.15, 0.2) is 0 Å². The van der Waals surface area contributed by atoms with Crippen molar-refractivity contribution in [3.05, 3.63) is 90.5 Å². The van der Waals surface area contributed by atoms with Gasteiger partial charge in [-0.25, -0.2) is 0 Å². The second-order valence-corrected chi connectivity index (χ2v) is 12.0. The zero-order valence-electron chi connectivity index (χ0n) is 25.4. The van der Waals surface area contributed by atoms with Gasteiger partial charge < -0.3 is 24.5 Å². The van der Waals surface area contributed by atoms with E-state index in [1.165, 1.54) is 0 Å². The van der Waals surface area contributed by atoms with Crippen LogP contribution in [-0.2, 0) is 25.7 Å². The maximum Gasteiger partial charge on any atom is 0.253 e. The van der Waals surface area contributed by atoms with Gasteiger partial charge in [-0.2, -0.15) is 0 Å². The smallest absolute Gasteiger partial charge is 0.253 e. The van der Waals surface area contributed by atoms with Crippen LogP contribution in [0, 0.1) is 25.7 Å². The number of hydrogen-bond donors (Lipinski definition) is 1. The summed E-state index contributed by atoms with van der Waals surface area (Å²) >= 11 is 0. The fourth-order valence-electron chi connectivity index (χ4n) is 7.66. The Morgan fingerprint density at radius 1 is 1.07 bits per heavy atom. The first kappa shape index (κ1) is 30.7. The molecular formula is C35H43N3O5. The SMILES string of the molecule is C=CCN(Cc1ccccc1)C(=O)[C@@H]1[C@@H]2CCC3(O2)C(C(=O)N(CC=C)c2c(C)cccc2C)N([C@@H](CC)CO)C(=O)[C@H]13. The number of carbonyl (C=O) groups excluding carboxylic acids is 3. The molecule has 0 aliphatic carbocycles. The molecule has 1 N–H and O–H groups in total. The Balaban J connectivity index is 1.58. The van der Waals surface area contributed by atoms with Crippen molar-refractivity contribution in [2.45, 2.75) is 70.4 Å². The molecule has 3 heterocycles. The number of para-hydroxylation sites is 1. The number of fused-ring (bicyclic) bond motifs is 1.